The van der Waals surface area contributed by atoms with Gasteiger partial charge in [-0.2, -0.15) is 0 Å². The van der Waals surface area contributed by atoms with E-state index in [1.807, 2.05) is 21.1 Å². The van der Waals surface area contributed by atoms with Crippen LogP contribution >= 0.6 is 7.82 Å². The Balaban J connectivity index is 4.72. The van der Waals surface area contributed by atoms with E-state index in [4.69, 9.17) is 13.8 Å². The van der Waals surface area contributed by atoms with Crippen molar-refractivity contribution in [2.45, 2.75) is 25.6 Å². The van der Waals surface area contributed by atoms with E-state index in [2.05, 4.69) is 6.58 Å². The molecule has 0 heterocycles. The summed E-state index contributed by atoms with van der Waals surface area (Å²) in [5, 5.41) is 9.22. The number of phosphoric ester groups is 1. The molecular formula is C13H26NO7P. The van der Waals surface area contributed by atoms with Crippen molar-refractivity contribution in [3.63, 3.8) is 0 Å². The van der Waals surface area contributed by atoms with Crippen molar-refractivity contribution in [1.29, 1.82) is 0 Å². The Morgan fingerprint density at radius 1 is 1.41 bits per heavy atom. The molecule has 130 valence electrons. The monoisotopic (exact) mass is 339 g/mol. The molecular weight excluding hydrogens is 313 g/mol. The second kappa shape index (κ2) is 9.39. The number of hydrogen-bond acceptors (Lipinski definition) is 7. The van der Waals surface area contributed by atoms with Crippen LogP contribution in [0.15, 0.2) is 12.7 Å². The first-order chi connectivity index (χ1) is 10.0. The first-order valence-corrected chi connectivity index (χ1v) is 8.30. The normalized spacial score (nSPS) is 17.4. The van der Waals surface area contributed by atoms with Gasteiger partial charge in [0.15, 0.2) is 6.10 Å². The van der Waals surface area contributed by atoms with Crippen LogP contribution in [-0.4, -0.2) is 68.7 Å². The fraction of sp³-hybridized carbons (Fsp3) is 0.769. The van der Waals surface area contributed by atoms with E-state index < -0.39 is 32.6 Å². The average molecular weight is 339 g/mol. The summed E-state index contributed by atoms with van der Waals surface area (Å²) in [5.74, 6) is -0.650. The molecule has 8 nitrogen and oxygen atoms in total. The predicted octanol–water partition coefficient (Wildman–Crippen LogP) is 0.0629. The Kier molecular flexibility index (Phi) is 9.07. The van der Waals surface area contributed by atoms with Crippen molar-refractivity contribution >= 4 is 13.8 Å². The Morgan fingerprint density at radius 3 is 2.41 bits per heavy atom. The Bertz CT molecular complexity index is 408. The number of carbonyl (C=O) groups excluding carboxylic acids is 1. The van der Waals surface area contributed by atoms with Gasteiger partial charge in [0.25, 0.3) is 7.82 Å². The first kappa shape index (κ1) is 21.2. The number of aliphatic hydroxyl groups is 1. The number of hydrogen-bond donors (Lipinski definition) is 1. The number of phosphoric acid groups is 1. The van der Waals surface area contributed by atoms with Crippen LogP contribution in [0, 0.1) is 0 Å². The predicted molar refractivity (Wildman–Crippen MR) is 78.8 cm³/mol. The van der Waals surface area contributed by atoms with Gasteiger partial charge < -0.3 is 28.3 Å². The van der Waals surface area contributed by atoms with Gasteiger partial charge in [-0.25, -0.2) is 0 Å². The molecule has 22 heavy (non-hydrogen) atoms. The summed E-state index contributed by atoms with van der Waals surface area (Å²) < 4.78 is 26.9. The molecule has 9 heteroatoms. The lowest BCUT2D eigenvalue weighted by Crippen LogP contribution is -2.38. The lowest BCUT2D eigenvalue weighted by molar-refractivity contribution is -0.870. The number of esters is 1. The van der Waals surface area contributed by atoms with Gasteiger partial charge in [0, 0.05) is 6.92 Å². The van der Waals surface area contributed by atoms with Crippen molar-refractivity contribution in [2.24, 2.45) is 0 Å². The minimum atomic E-state index is -4.59. The van der Waals surface area contributed by atoms with Gasteiger partial charge in [-0.15, -0.1) is 6.58 Å². The van der Waals surface area contributed by atoms with E-state index in [1.165, 1.54) is 6.08 Å². The van der Waals surface area contributed by atoms with Crippen LogP contribution in [0.25, 0.3) is 0 Å². The molecule has 0 aromatic heterocycles. The van der Waals surface area contributed by atoms with E-state index in [1.54, 1.807) is 0 Å². The molecule has 0 aliphatic carbocycles. The summed E-state index contributed by atoms with van der Waals surface area (Å²) in [7, 11) is 1.09. The number of aliphatic hydroxyl groups excluding tert-OH is 1. The summed E-state index contributed by atoms with van der Waals surface area (Å²) >= 11 is 0. The minimum absolute atomic E-state index is 0.0392. The number of ether oxygens (including phenoxy) is 1. The van der Waals surface area contributed by atoms with Crippen LogP contribution in [0.4, 0.5) is 0 Å². The number of carbonyl (C=O) groups is 1. The lowest BCUT2D eigenvalue weighted by Gasteiger charge is -2.32. The highest BCUT2D eigenvalue weighted by Crippen LogP contribution is 2.41. The van der Waals surface area contributed by atoms with Crippen LogP contribution < -0.4 is 4.89 Å². The third-order valence-electron chi connectivity index (χ3n) is 2.59. The summed E-state index contributed by atoms with van der Waals surface area (Å²) in [6.07, 6.45) is -0.717. The third-order valence-corrected chi connectivity index (χ3v) is 3.61. The van der Waals surface area contributed by atoms with Crippen molar-refractivity contribution in [1.82, 2.24) is 0 Å². The maximum atomic E-state index is 11.8. The molecule has 0 aromatic rings. The number of nitrogens with zero attached hydrogens (tertiary/aromatic N) is 1. The maximum absolute atomic E-state index is 11.8. The lowest BCUT2D eigenvalue weighted by atomic mass is 10.1. The smallest absolute Gasteiger partial charge is 0.303 e. The van der Waals surface area contributed by atoms with Crippen molar-refractivity contribution in [3.8, 4) is 0 Å². The molecule has 3 atom stereocenters. The first-order valence-electron chi connectivity index (χ1n) is 6.84. The molecule has 2 unspecified atom stereocenters. The SMILES string of the molecule is C=CCC(OP(=O)([O-])OCC[N+](C)(C)C)[C@H](CO)OC(C)=O. The summed E-state index contributed by atoms with van der Waals surface area (Å²) in [5.41, 5.74) is 0. The van der Waals surface area contributed by atoms with Crippen LogP contribution in [0.3, 0.4) is 0 Å². The standard InChI is InChI=1S/C13H26NO7P/c1-6-7-12(13(10-15)20-11(2)16)21-22(17,18)19-9-8-14(3,4)5/h6,12-13,15H,1,7-10H2,2-5H3/t12?,13-/m0/s1. The van der Waals surface area contributed by atoms with Crippen LogP contribution in [0.2, 0.25) is 0 Å². The number of quaternary nitrogens is 1. The number of likely N-dealkylation sites (N-methyl/N-ethyl adjacent to an activating group) is 1. The highest BCUT2D eigenvalue weighted by atomic mass is 31.2. The molecule has 0 radical (unpaired) electrons. The molecule has 0 amide bonds. The van der Waals surface area contributed by atoms with E-state index in [0.717, 1.165) is 6.92 Å². The molecule has 0 aliphatic rings. The van der Waals surface area contributed by atoms with Crippen molar-refractivity contribution in [3.05, 3.63) is 12.7 Å². The zero-order chi connectivity index (χ0) is 17.4. The van der Waals surface area contributed by atoms with Crippen molar-refractivity contribution < 1.29 is 37.6 Å². The second-order valence-electron chi connectivity index (χ2n) is 5.79. The van der Waals surface area contributed by atoms with Gasteiger partial charge in [0.1, 0.15) is 19.3 Å². The van der Waals surface area contributed by atoms with E-state index in [0.29, 0.717) is 11.0 Å². The van der Waals surface area contributed by atoms with Gasteiger partial charge in [-0.05, 0) is 6.42 Å². The highest BCUT2D eigenvalue weighted by molar-refractivity contribution is 7.45. The average Bonchev–Trinajstić information content (AvgIpc) is 2.33. The molecule has 0 aromatic carbocycles. The molecule has 0 aliphatic heterocycles. The quantitative estimate of drug-likeness (QED) is 0.246. The molecule has 0 fully saturated rings. The second-order valence-corrected chi connectivity index (χ2v) is 7.16. The summed E-state index contributed by atoms with van der Waals surface area (Å²) in [6, 6.07) is 0. The largest absolute Gasteiger partial charge is 0.756 e. The van der Waals surface area contributed by atoms with Crippen molar-refractivity contribution in [2.75, 3.05) is 40.9 Å². The fourth-order valence-electron chi connectivity index (χ4n) is 1.49. The topological polar surface area (TPSA) is 105 Å². The van der Waals surface area contributed by atoms with Crippen LogP contribution in [-0.2, 0) is 23.1 Å². The molecule has 1 N–H and O–H groups in total. The van der Waals surface area contributed by atoms with E-state index in [9.17, 15) is 19.4 Å². The van der Waals surface area contributed by atoms with Crippen LogP contribution in [0.1, 0.15) is 13.3 Å². The van der Waals surface area contributed by atoms with Gasteiger partial charge in [0.05, 0.1) is 27.7 Å². The fourth-order valence-corrected chi connectivity index (χ4v) is 2.41. The molecule has 0 saturated carbocycles. The summed E-state index contributed by atoms with van der Waals surface area (Å²) in [6.45, 7) is 4.49. The zero-order valence-electron chi connectivity index (χ0n) is 13.6. The Hall–Kier alpha value is -0.760. The van der Waals surface area contributed by atoms with Crippen LogP contribution in [0.5, 0.6) is 0 Å². The van der Waals surface area contributed by atoms with Gasteiger partial charge in [-0.1, -0.05) is 6.08 Å². The van der Waals surface area contributed by atoms with E-state index in [-0.39, 0.29) is 13.0 Å². The van der Waals surface area contributed by atoms with Gasteiger partial charge in [0.2, 0.25) is 0 Å². The maximum Gasteiger partial charge on any atom is 0.303 e. The van der Waals surface area contributed by atoms with E-state index >= 15 is 0 Å². The third kappa shape index (κ3) is 10.0. The zero-order valence-corrected chi connectivity index (χ0v) is 14.5. The number of rotatable bonds is 11. The Morgan fingerprint density at radius 2 is 2.00 bits per heavy atom. The highest BCUT2D eigenvalue weighted by Gasteiger charge is 2.28. The molecule has 0 bridgehead atoms. The molecule has 0 saturated heterocycles. The minimum Gasteiger partial charge on any atom is -0.756 e. The van der Waals surface area contributed by atoms with Gasteiger partial charge in [-0.3, -0.25) is 9.36 Å². The molecule has 0 spiro atoms. The Labute approximate surface area is 131 Å². The summed E-state index contributed by atoms with van der Waals surface area (Å²) in [4.78, 5) is 22.8. The van der Waals surface area contributed by atoms with Gasteiger partial charge >= 0.3 is 5.97 Å². The molecule has 0 rings (SSSR count).